The van der Waals surface area contributed by atoms with Crippen molar-refractivity contribution in [1.82, 2.24) is 9.80 Å². The molecular weight excluding hydrogens is 348 g/mol. The number of carbonyl (C=O) groups excluding carboxylic acids is 1. The van der Waals surface area contributed by atoms with Crippen LogP contribution in [-0.4, -0.2) is 55.0 Å². The Morgan fingerprint density at radius 2 is 1.85 bits per heavy atom. The van der Waals surface area contributed by atoms with Crippen molar-refractivity contribution in [3.8, 4) is 5.75 Å². The molecule has 0 unspecified atom stereocenters. The van der Waals surface area contributed by atoms with Crippen molar-refractivity contribution in [2.45, 2.75) is 57.4 Å². The first kappa shape index (κ1) is 19.5. The molecule has 1 amide bonds. The lowest BCUT2D eigenvalue weighted by atomic mass is 9.97. The summed E-state index contributed by atoms with van der Waals surface area (Å²) in [5.74, 6) is 0.717. The smallest absolute Gasteiger partial charge is 0.254 e. The fourth-order valence-electron chi connectivity index (χ4n) is 4.22. The van der Waals surface area contributed by atoms with Gasteiger partial charge in [-0.15, -0.1) is 0 Å². The molecule has 1 atom stereocenters. The fraction of sp³-hybridized carbons (Fsp3) is 0.667. The Morgan fingerprint density at radius 1 is 1.12 bits per heavy atom. The summed E-state index contributed by atoms with van der Waals surface area (Å²) >= 11 is 6.22. The molecule has 3 rings (SSSR count). The van der Waals surface area contributed by atoms with E-state index in [1.54, 1.807) is 19.2 Å². The van der Waals surface area contributed by atoms with Crippen molar-refractivity contribution in [2.24, 2.45) is 0 Å². The Hall–Kier alpha value is -1.26. The number of benzene rings is 1. The summed E-state index contributed by atoms with van der Waals surface area (Å²) in [6, 6.07) is 5.70. The van der Waals surface area contributed by atoms with Crippen LogP contribution in [0.4, 0.5) is 0 Å². The van der Waals surface area contributed by atoms with Gasteiger partial charge in [-0.05, 0) is 69.8 Å². The maximum atomic E-state index is 13.1. The van der Waals surface area contributed by atoms with Crippen LogP contribution in [0.2, 0.25) is 5.02 Å². The van der Waals surface area contributed by atoms with Gasteiger partial charge in [-0.2, -0.15) is 0 Å². The average molecular weight is 379 g/mol. The predicted octanol–water partition coefficient (Wildman–Crippen LogP) is 4.61. The number of nitrogens with zero attached hydrogens (tertiary/aromatic N) is 2. The largest absolute Gasteiger partial charge is 0.495 e. The van der Waals surface area contributed by atoms with Gasteiger partial charge in [0, 0.05) is 24.7 Å². The highest BCUT2D eigenvalue weighted by molar-refractivity contribution is 6.32. The minimum atomic E-state index is 0.107. The van der Waals surface area contributed by atoms with Crippen LogP contribution in [0.25, 0.3) is 0 Å². The quantitative estimate of drug-likeness (QED) is 0.750. The van der Waals surface area contributed by atoms with Crippen molar-refractivity contribution >= 4 is 17.5 Å². The van der Waals surface area contributed by atoms with Crippen LogP contribution < -0.4 is 4.74 Å². The first-order valence-corrected chi connectivity index (χ1v) is 10.4. The first-order valence-electron chi connectivity index (χ1n) is 10.1. The molecule has 1 aromatic carbocycles. The van der Waals surface area contributed by atoms with Crippen molar-refractivity contribution < 1.29 is 9.53 Å². The third-order valence-electron chi connectivity index (χ3n) is 5.76. The Bertz CT molecular complexity index is 600. The molecule has 0 aromatic heterocycles. The van der Waals surface area contributed by atoms with E-state index in [9.17, 15) is 4.79 Å². The molecule has 1 aromatic rings. The monoisotopic (exact) mass is 378 g/mol. The zero-order chi connectivity index (χ0) is 18.4. The molecule has 0 N–H and O–H groups in total. The summed E-state index contributed by atoms with van der Waals surface area (Å²) < 4.78 is 5.20. The molecular formula is C21H31ClN2O2. The van der Waals surface area contributed by atoms with E-state index < -0.39 is 0 Å². The number of hydrogen-bond donors (Lipinski definition) is 0. The summed E-state index contributed by atoms with van der Waals surface area (Å²) in [6.07, 6.45) is 9.87. The van der Waals surface area contributed by atoms with Gasteiger partial charge in [0.05, 0.1) is 12.1 Å². The molecule has 26 heavy (non-hydrogen) atoms. The van der Waals surface area contributed by atoms with Crippen molar-refractivity contribution in [1.29, 1.82) is 0 Å². The molecule has 144 valence electrons. The standard InChI is InChI=1S/C21H31ClN2O2/c1-26-20-10-9-17(16-19(20)22)21(25)24-14-7-4-8-18(24)11-15-23-12-5-2-3-6-13-23/h9-10,16,18H,2-8,11-15H2,1H3/t18-/m1/s1. The molecule has 2 aliphatic heterocycles. The van der Waals surface area contributed by atoms with Gasteiger partial charge >= 0.3 is 0 Å². The Labute approximate surface area is 162 Å². The molecule has 2 heterocycles. The van der Waals surface area contributed by atoms with Crippen LogP contribution in [0, 0.1) is 0 Å². The highest BCUT2D eigenvalue weighted by Gasteiger charge is 2.28. The SMILES string of the molecule is COc1ccc(C(=O)N2CCCC[C@@H]2CCN2CCCCCC2)cc1Cl. The second-order valence-corrected chi connectivity index (χ2v) is 7.95. The summed E-state index contributed by atoms with van der Waals surface area (Å²) in [5.41, 5.74) is 0.664. The van der Waals surface area contributed by atoms with Gasteiger partial charge < -0.3 is 14.5 Å². The maximum Gasteiger partial charge on any atom is 0.254 e. The van der Waals surface area contributed by atoms with Gasteiger partial charge in [-0.25, -0.2) is 0 Å². The van der Waals surface area contributed by atoms with Gasteiger partial charge in [0.2, 0.25) is 0 Å². The predicted molar refractivity (Wildman–Crippen MR) is 106 cm³/mol. The number of carbonyl (C=O) groups is 1. The zero-order valence-electron chi connectivity index (χ0n) is 15.9. The van der Waals surface area contributed by atoms with Gasteiger partial charge in [-0.3, -0.25) is 4.79 Å². The molecule has 0 bridgehead atoms. The van der Waals surface area contributed by atoms with Gasteiger partial charge in [-0.1, -0.05) is 24.4 Å². The van der Waals surface area contributed by atoms with Crippen molar-refractivity contribution in [3.05, 3.63) is 28.8 Å². The summed E-state index contributed by atoms with van der Waals surface area (Å²) in [6.45, 7) is 4.40. The molecule has 0 spiro atoms. The van der Waals surface area contributed by atoms with Gasteiger partial charge in [0.25, 0.3) is 5.91 Å². The van der Waals surface area contributed by atoms with Crippen molar-refractivity contribution in [3.63, 3.8) is 0 Å². The third-order valence-corrected chi connectivity index (χ3v) is 6.06. The molecule has 0 aliphatic carbocycles. The number of ether oxygens (including phenoxy) is 1. The Kier molecular flexibility index (Phi) is 7.21. The normalized spacial score (nSPS) is 22.1. The molecule has 4 nitrogen and oxygen atoms in total. The number of halogens is 1. The summed E-state index contributed by atoms with van der Waals surface area (Å²) in [5, 5.41) is 0.497. The van der Waals surface area contributed by atoms with Crippen LogP contribution in [0.1, 0.15) is 61.7 Å². The first-order chi connectivity index (χ1) is 12.7. The highest BCUT2D eigenvalue weighted by atomic mass is 35.5. The van der Waals surface area contributed by atoms with Crippen LogP contribution in [0.15, 0.2) is 18.2 Å². The van der Waals surface area contributed by atoms with E-state index in [0.717, 1.165) is 32.4 Å². The fourth-order valence-corrected chi connectivity index (χ4v) is 4.48. The number of likely N-dealkylation sites (tertiary alicyclic amines) is 2. The van der Waals surface area contributed by atoms with Gasteiger partial charge in [0.1, 0.15) is 5.75 Å². The number of piperidine rings is 1. The molecule has 2 saturated heterocycles. The molecule has 2 fully saturated rings. The molecule has 0 radical (unpaired) electrons. The second kappa shape index (κ2) is 9.61. The van der Waals surface area contributed by atoms with Crippen LogP contribution >= 0.6 is 11.6 Å². The highest BCUT2D eigenvalue weighted by Crippen LogP contribution is 2.28. The number of rotatable bonds is 5. The number of amides is 1. The van der Waals surface area contributed by atoms with E-state index >= 15 is 0 Å². The lowest BCUT2D eigenvalue weighted by Gasteiger charge is -2.37. The number of methoxy groups -OCH3 is 1. The van der Waals surface area contributed by atoms with Crippen LogP contribution in [0.3, 0.4) is 0 Å². The minimum absolute atomic E-state index is 0.107. The van der Waals surface area contributed by atoms with E-state index in [1.807, 2.05) is 6.07 Å². The van der Waals surface area contributed by atoms with E-state index in [4.69, 9.17) is 16.3 Å². The summed E-state index contributed by atoms with van der Waals surface area (Å²) in [7, 11) is 1.59. The Morgan fingerprint density at radius 3 is 2.54 bits per heavy atom. The van der Waals surface area contributed by atoms with E-state index in [2.05, 4.69) is 9.80 Å². The summed E-state index contributed by atoms with van der Waals surface area (Å²) in [4.78, 5) is 17.8. The zero-order valence-corrected chi connectivity index (χ0v) is 16.6. The van der Waals surface area contributed by atoms with E-state index in [-0.39, 0.29) is 5.91 Å². The van der Waals surface area contributed by atoms with Crippen LogP contribution in [-0.2, 0) is 0 Å². The molecule has 5 heteroatoms. The Balaban J connectivity index is 1.63. The number of hydrogen-bond acceptors (Lipinski definition) is 3. The van der Waals surface area contributed by atoms with Crippen molar-refractivity contribution in [2.75, 3.05) is 33.3 Å². The molecule has 0 saturated carbocycles. The third kappa shape index (κ3) is 4.92. The molecule has 2 aliphatic rings. The maximum absolute atomic E-state index is 13.1. The van der Waals surface area contributed by atoms with Crippen LogP contribution in [0.5, 0.6) is 5.75 Å². The van der Waals surface area contributed by atoms with E-state index in [1.165, 1.54) is 45.2 Å². The lowest BCUT2D eigenvalue weighted by Crippen LogP contribution is -2.45. The van der Waals surface area contributed by atoms with Gasteiger partial charge in [0.15, 0.2) is 0 Å². The lowest BCUT2D eigenvalue weighted by molar-refractivity contribution is 0.0584. The topological polar surface area (TPSA) is 32.8 Å². The second-order valence-electron chi connectivity index (χ2n) is 7.54. The minimum Gasteiger partial charge on any atom is -0.495 e. The van der Waals surface area contributed by atoms with E-state index in [0.29, 0.717) is 22.4 Å². The average Bonchev–Trinajstić information content (AvgIpc) is 2.95.